The van der Waals surface area contributed by atoms with E-state index in [0.717, 1.165) is 49.7 Å². The Bertz CT molecular complexity index is 769. The minimum absolute atomic E-state index is 0.0172. The minimum Gasteiger partial charge on any atom is -0.481 e. The first-order chi connectivity index (χ1) is 14.3. The predicted octanol–water partition coefficient (Wildman–Crippen LogP) is 2.07. The third kappa shape index (κ3) is 5.59. The van der Waals surface area contributed by atoms with Crippen LogP contribution in [0, 0.1) is 11.8 Å². The normalized spacial score (nSPS) is 22.6. The molecule has 164 valence electrons. The lowest BCUT2D eigenvalue weighted by Gasteiger charge is -2.38. The average molecular weight is 416 g/mol. The average Bonchev–Trinajstić information content (AvgIpc) is 2.69. The molecule has 2 fully saturated rings. The van der Waals surface area contributed by atoms with E-state index < -0.39 is 12.0 Å². The van der Waals surface area contributed by atoms with E-state index in [0.29, 0.717) is 12.6 Å². The number of nitrogens with two attached hydrogens (primary N) is 1. The molecule has 3 rings (SSSR count). The third-order valence-corrected chi connectivity index (χ3v) is 6.72. The highest BCUT2D eigenvalue weighted by molar-refractivity contribution is 5.82. The van der Waals surface area contributed by atoms with E-state index in [2.05, 4.69) is 5.32 Å². The monoisotopic (exact) mass is 415 g/mol. The molecule has 0 heterocycles. The molecule has 1 atom stereocenters. The number of hydrogen-bond donors (Lipinski definition) is 3. The molecular weight excluding hydrogens is 382 g/mol. The largest absolute Gasteiger partial charge is 0.481 e. The first-order valence-electron chi connectivity index (χ1n) is 10.9. The molecule has 4 N–H and O–H groups in total. The van der Waals surface area contributed by atoms with Crippen molar-refractivity contribution in [3.63, 3.8) is 0 Å². The summed E-state index contributed by atoms with van der Waals surface area (Å²) in [5.41, 5.74) is 7.89. The number of amides is 2. The highest BCUT2D eigenvalue weighted by Crippen LogP contribution is 2.32. The summed E-state index contributed by atoms with van der Waals surface area (Å²) in [5, 5.41) is 11.9. The second-order valence-corrected chi connectivity index (χ2v) is 8.78. The maximum absolute atomic E-state index is 12.6. The Labute approximate surface area is 178 Å². The van der Waals surface area contributed by atoms with Gasteiger partial charge in [-0.25, -0.2) is 0 Å². The molecule has 0 aromatic heterocycles. The second-order valence-electron chi connectivity index (χ2n) is 8.78. The first kappa shape index (κ1) is 22.3. The van der Waals surface area contributed by atoms with Crippen LogP contribution in [0.2, 0.25) is 0 Å². The fourth-order valence-corrected chi connectivity index (χ4v) is 4.49. The van der Waals surface area contributed by atoms with E-state index in [1.54, 1.807) is 6.07 Å². The van der Waals surface area contributed by atoms with Gasteiger partial charge < -0.3 is 21.1 Å². The summed E-state index contributed by atoms with van der Waals surface area (Å²) < 4.78 is 0. The van der Waals surface area contributed by atoms with E-state index in [1.807, 2.05) is 30.1 Å². The SMILES string of the molecule is CN(C(=O)[C@@H](N)C1CCC(C(=O)NCc2cccc(CC(=O)O)c2)CC1)C1CCC1. The highest BCUT2D eigenvalue weighted by atomic mass is 16.4. The van der Waals surface area contributed by atoms with Crippen LogP contribution in [0.15, 0.2) is 24.3 Å². The van der Waals surface area contributed by atoms with Crippen molar-refractivity contribution in [3.8, 4) is 0 Å². The van der Waals surface area contributed by atoms with Crippen molar-refractivity contribution in [1.82, 2.24) is 10.2 Å². The Balaban J connectivity index is 1.43. The highest BCUT2D eigenvalue weighted by Gasteiger charge is 2.35. The lowest BCUT2D eigenvalue weighted by Crippen LogP contribution is -2.52. The summed E-state index contributed by atoms with van der Waals surface area (Å²) in [4.78, 5) is 37.9. The molecule has 2 saturated carbocycles. The maximum atomic E-state index is 12.6. The van der Waals surface area contributed by atoms with Gasteiger partial charge in [-0.2, -0.15) is 0 Å². The number of likely N-dealkylation sites (N-methyl/N-ethyl adjacent to an activating group) is 1. The van der Waals surface area contributed by atoms with Crippen LogP contribution >= 0.6 is 0 Å². The molecule has 1 aromatic rings. The Morgan fingerprint density at radius 1 is 1.13 bits per heavy atom. The lowest BCUT2D eigenvalue weighted by atomic mass is 9.77. The van der Waals surface area contributed by atoms with Gasteiger partial charge in [-0.05, 0) is 62.0 Å². The van der Waals surface area contributed by atoms with Crippen molar-refractivity contribution in [2.45, 2.75) is 70.0 Å². The van der Waals surface area contributed by atoms with Crippen LogP contribution < -0.4 is 11.1 Å². The van der Waals surface area contributed by atoms with Gasteiger partial charge in [0.15, 0.2) is 0 Å². The van der Waals surface area contributed by atoms with E-state index in [-0.39, 0.29) is 30.1 Å². The van der Waals surface area contributed by atoms with Crippen molar-refractivity contribution < 1.29 is 19.5 Å². The fourth-order valence-electron chi connectivity index (χ4n) is 4.49. The molecule has 7 heteroatoms. The van der Waals surface area contributed by atoms with Crippen molar-refractivity contribution in [2.24, 2.45) is 17.6 Å². The smallest absolute Gasteiger partial charge is 0.307 e. The molecule has 0 unspecified atom stereocenters. The molecule has 7 nitrogen and oxygen atoms in total. The summed E-state index contributed by atoms with van der Waals surface area (Å²) in [6.45, 7) is 0.385. The number of rotatable bonds is 8. The number of nitrogens with one attached hydrogen (secondary N) is 1. The summed E-state index contributed by atoms with van der Waals surface area (Å²) in [7, 11) is 1.86. The summed E-state index contributed by atoms with van der Waals surface area (Å²) in [6, 6.07) is 7.15. The van der Waals surface area contributed by atoms with Crippen molar-refractivity contribution >= 4 is 17.8 Å². The number of carbonyl (C=O) groups is 3. The molecule has 0 radical (unpaired) electrons. The number of carboxylic acids is 1. The molecule has 2 amide bonds. The quantitative estimate of drug-likeness (QED) is 0.602. The molecule has 30 heavy (non-hydrogen) atoms. The van der Waals surface area contributed by atoms with Crippen LogP contribution in [0.5, 0.6) is 0 Å². The van der Waals surface area contributed by atoms with Gasteiger partial charge in [0, 0.05) is 25.6 Å². The summed E-state index contributed by atoms with van der Waals surface area (Å²) >= 11 is 0. The number of benzene rings is 1. The molecule has 0 bridgehead atoms. The van der Waals surface area contributed by atoms with E-state index in [9.17, 15) is 14.4 Å². The number of aliphatic carboxylic acids is 1. The molecular formula is C23H33N3O4. The Kier molecular flexibility index (Phi) is 7.48. The van der Waals surface area contributed by atoms with Gasteiger partial charge in [-0.3, -0.25) is 14.4 Å². The standard InChI is InChI=1S/C23H33N3O4/c1-26(19-6-3-7-19)23(30)21(24)17-8-10-18(11-9-17)22(29)25-14-16-5-2-4-15(12-16)13-20(27)28/h2,4-5,12,17-19,21H,3,6-11,13-14,24H2,1H3,(H,25,29)(H,27,28)/t17?,18?,21-/m0/s1. The maximum Gasteiger partial charge on any atom is 0.307 e. The Hall–Kier alpha value is -2.41. The number of carboxylic acid groups (broad SMARTS) is 1. The van der Waals surface area contributed by atoms with E-state index in [4.69, 9.17) is 10.8 Å². The van der Waals surface area contributed by atoms with Crippen molar-refractivity contribution in [1.29, 1.82) is 0 Å². The van der Waals surface area contributed by atoms with Crippen LogP contribution in [0.25, 0.3) is 0 Å². The predicted molar refractivity (Wildman–Crippen MR) is 113 cm³/mol. The van der Waals surface area contributed by atoms with Gasteiger partial charge in [-0.1, -0.05) is 24.3 Å². The Morgan fingerprint density at radius 2 is 1.80 bits per heavy atom. The van der Waals surface area contributed by atoms with Crippen molar-refractivity contribution in [2.75, 3.05) is 7.05 Å². The zero-order chi connectivity index (χ0) is 21.7. The van der Waals surface area contributed by atoms with Gasteiger partial charge in [0.2, 0.25) is 11.8 Å². The first-order valence-corrected chi connectivity index (χ1v) is 10.9. The van der Waals surface area contributed by atoms with Gasteiger partial charge in [-0.15, -0.1) is 0 Å². The Morgan fingerprint density at radius 3 is 2.40 bits per heavy atom. The van der Waals surface area contributed by atoms with E-state index >= 15 is 0 Å². The second kappa shape index (κ2) is 10.1. The van der Waals surface area contributed by atoms with Crippen LogP contribution in [0.3, 0.4) is 0 Å². The van der Waals surface area contributed by atoms with Gasteiger partial charge in [0.25, 0.3) is 0 Å². The summed E-state index contributed by atoms with van der Waals surface area (Å²) in [6.07, 6.45) is 6.35. The van der Waals surface area contributed by atoms with E-state index in [1.165, 1.54) is 6.42 Å². The topological polar surface area (TPSA) is 113 Å². The van der Waals surface area contributed by atoms with Crippen molar-refractivity contribution in [3.05, 3.63) is 35.4 Å². The zero-order valence-corrected chi connectivity index (χ0v) is 17.7. The molecule has 2 aliphatic carbocycles. The molecule has 0 saturated heterocycles. The van der Waals surface area contributed by atoms with Gasteiger partial charge in [0.1, 0.15) is 0 Å². The number of nitrogens with zero attached hydrogens (tertiary/aromatic N) is 1. The van der Waals surface area contributed by atoms with Crippen LogP contribution in [0.1, 0.15) is 56.1 Å². The third-order valence-electron chi connectivity index (χ3n) is 6.72. The van der Waals surface area contributed by atoms with Gasteiger partial charge >= 0.3 is 5.97 Å². The molecule has 2 aliphatic rings. The van der Waals surface area contributed by atoms with Gasteiger partial charge in [0.05, 0.1) is 12.5 Å². The minimum atomic E-state index is -0.872. The van der Waals surface area contributed by atoms with Crippen LogP contribution in [-0.2, 0) is 27.3 Å². The number of carbonyl (C=O) groups excluding carboxylic acids is 2. The lowest BCUT2D eigenvalue weighted by molar-refractivity contribution is -0.137. The molecule has 1 aromatic carbocycles. The fraction of sp³-hybridized carbons (Fsp3) is 0.609. The molecule has 0 aliphatic heterocycles. The number of hydrogen-bond acceptors (Lipinski definition) is 4. The van der Waals surface area contributed by atoms with Crippen LogP contribution in [0.4, 0.5) is 0 Å². The molecule has 0 spiro atoms. The summed E-state index contributed by atoms with van der Waals surface area (Å²) in [5.74, 6) is -0.743. The van der Waals surface area contributed by atoms with Crippen LogP contribution in [-0.4, -0.2) is 46.9 Å². The zero-order valence-electron chi connectivity index (χ0n) is 17.7.